The van der Waals surface area contributed by atoms with E-state index in [1.807, 2.05) is 11.5 Å². The third kappa shape index (κ3) is 4.31. The van der Waals surface area contributed by atoms with Gasteiger partial charge in [0.05, 0.1) is 5.69 Å². The predicted molar refractivity (Wildman–Crippen MR) is 86.6 cm³/mol. The Labute approximate surface area is 136 Å². The summed E-state index contributed by atoms with van der Waals surface area (Å²) >= 11 is 0. The van der Waals surface area contributed by atoms with Gasteiger partial charge in [0.15, 0.2) is 5.82 Å². The van der Waals surface area contributed by atoms with Crippen molar-refractivity contribution in [1.82, 2.24) is 20.2 Å². The number of imidazole rings is 1. The fourth-order valence-corrected chi connectivity index (χ4v) is 2.72. The van der Waals surface area contributed by atoms with Crippen molar-refractivity contribution in [2.24, 2.45) is 0 Å². The summed E-state index contributed by atoms with van der Waals surface area (Å²) in [7, 11) is 1.63. The molecule has 0 fully saturated rings. The van der Waals surface area contributed by atoms with Crippen molar-refractivity contribution >= 4 is 11.8 Å². The summed E-state index contributed by atoms with van der Waals surface area (Å²) in [6, 6.07) is 0. The molecule has 2 rings (SSSR count). The lowest BCUT2D eigenvalue weighted by Crippen LogP contribution is -2.29. The molecule has 0 spiro atoms. The maximum atomic E-state index is 12.4. The van der Waals surface area contributed by atoms with E-state index >= 15 is 0 Å². The van der Waals surface area contributed by atoms with Crippen LogP contribution >= 0.6 is 0 Å². The zero-order valence-corrected chi connectivity index (χ0v) is 14.0. The Kier molecular flexibility index (Phi) is 6.58. The SMILES string of the molecule is CCCNC(=O)c1nc(C(=O)NCCCOC)n2c1CCCC2. The molecule has 0 aromatic carbocycles. The Morgan fingerprint density at radius 2 is 2.00 bits per heavy atom. The van der Waals surface area contributed by atoms with Crippen LogP contribution in [0.5, 0.6) is 0 Å². The second kappa shape index (κ2) is 8.67. The van der Waals surface area contributed by atoms with Gasteiger partial charge in [0, 0.05) is 33.4 Å². The maximum Gasteiger partial charge on any atom is 0.287 e. The lowest BCUT2D eigenvalue weighted by Gasteiger charge is -2.17. The van der Waals surface area contributed by atoms with Crippen LogP contribution in [0.25, 0.3) is 0 Å². The molecular weight excluding hydrogens is 296 g/mol. The van der Waals surface area contributed by atoms with Gasteiger partial charge in [-0.25, -0.2) is 4.98 Å². The van der Waals surface area contributed by atoms with Crippen molar-refractivity contribution in [2.75, 3.05) is 26.8 Å². The van der Waals surface area contributed by atoms with E-state index in [0.717, 1.165) is 44.3 Å². The van der Waals surface area contributed by atoms with Gasteiger partial charge in [-0.2, -0.15) is 0 Å². The first kappa shape index (κ1) is 17.5. The van der Waals surface area contributed by atoms with Crippen molar-refractivity contribution in [3.05, 3.63) is 17.2 Å². The van der Waals surface area contributed by atoms with E-state index in [2.05, 4.69) is 15.6 Å². The molecule has 23 heavy (non-hydrogen) atoms. The summed E-state index contributed by atoms with van der Waals surface area (Å²) in [5, 5.41) is 5.69. The summed E-state index contributed by atoms with van der Waals surface area (Å²) in [4.78, 5) is 29.0. The van der Waals surface area contributed by atoms with Crippen LogP contribution in [0.15, 0.2) is 0 Å². The number of nitrogens with one attached hydrogen (secondary N) is 2. The number of hydrogen-bond acceptors (Lipinski definition) is 4. The lowest BCUT2D eigenvalue weighted by atomic mass is 10.1. The molecular formula is C16H26N4O3. The second-order valence-corrected chi connectivity index (χ2v) is 5.70. The average molecular weight is 322 g/mol. The van der Waals surface area contributed by atoms with Gasteiger partial charge in [0.1, 0.15) is 5.69 Å². The molecule has 7 nitrogen and oxygen atoms in total. The molecule has 2 heterocycles. The molecule has 0 aliphatic carbocycles. The van der Waals surface area contributed by atoms with Crippen LogP contribution in [0.3, 0.4) is 0 Å². The smallest absolute Gasteiger partial charge is 0.287 e. The zero-order chi connectivity index (χ0) is 16.7. The number of hydrogen-bond donors (Lipinski definition) is 2. The number of carbonyl (C=O) groups is 2. The molecule has 2 N–H and O–H groups in total. The highest BCUT2D eigenvalue weighted by molar-refractivity contribution is 5.97. The Morgan fingerprint density at radius 1 is 1.22 bits per heavy atom. The first-order valence-electron chi connectivity index (χ1n) is 8.33. The van der Waals surface area contributed by atoms with E-state index in [-0.39, 0.29) is 11.8 Å². The number of nitrogens with zero attached hydrogens (tertiary/aromatic N) is 2. The Morgan fingerprint density at radius 3 is 2.74 bits per heavy atom. The number of fused-ring (bicyclic) bond motifs is 1. The minimum Gasteiger partial charge on any atom is -0.385 e. The predicted octanol–water partition coefficient (Wildman–Crippen LogP) is 1.13. The van der Waals surface area contributed by atoms with E-state index in [9.17, 15) is 9.59 Å². The number of rotatable bonds is 8. The summed E-state index contributed by atoms with van der Waals surface area (Å²) in [5.41, 5.74) is 1.28. The molecule has 1 aliphatic heterocycles. The van der Waals surface area contributed by atoms with Gasteiger partial charge in [-0.15, -0.1) is 0 Å². The molecule has 1 aromatic heterocycles. The summed E-state index contributed by atoms with van der Waals surface area (Å²) in [6.45, 7) is 4.49. The first-order valence-corrected chi connectivity index (χ1v) is 8.33. The molecule has 0 radical (unpaired) electrons. The fourth-order valence-electron chi connectivity index (χ4n) is 2.72. The highest BCUT2D eigenvalue weighted by Crippen LogP contribution is 2.21. The van der Waals surface area contributed by atoms with E-state index in [1.54, 1.807) is 7.11 Å². The average Bonchev–Trinajstić information content (AvgIpc) is 2.96. The van der Waals surface area contributed by atoms with Crippen LogP contribution in [-0.4, -0.2) is 48.2 Å². The van der Waals surface area contributed by atoms with E-state index in [4.69, 9.17) is 4.74 Å². The highest BCUT2D eigenvalue weighted by Gasteiger charge is 2.27. The molecule has 0 saturated heterocycles. The molecule has 0 bridgehead atoms. The van der Waals surface area contributed by atoms with Gasteiger partial charge in [-0.3, -0.25) is 9.59 Å². The van der Waals surface area contributed by atoms with Crippen LogP contribution in [-0.2, 0) is 17.7 Å². The minimum atomic E-state index is -0.223. The standard InChI is InChI=1S/C16H26N4O3/c1-3-8-17-15(21)13-12-7-4-5-10-20(12)14(19-13)16(22)18-9-6-11-23-2/h3-11H2,1-2H3,(H,17,21)(H,18,22). The van der Waals surface area contributed by atoms with Crippen molar-refractivity contribution < 1.29 is 14.3 Å². The monoisotopic (exact) mass is 322 g/mol. The van der Waals surface area contributed by atoms with Crippen molar-refractivity contribution in [3.63, 3.8) is 0 Å². The Hall–Kier alpha value is -1.89. The van der Waals surface area contributed by atoms with Gasteiger partial charge in [-0.1, -0.05) is 6.92 Å². The van der Waals surface area contributed by atoms with Crippen LogP contribution in [0.1, 0.15) is 59.4 Å². The van der Waals surface area contributed by atoms with Crippen molar-refractivity contribution in [3.8, 4) is 0 Å². The number of carbonyl (C=O) groups excluding carboxylic acids is 2. The molecule has 0 saturated carbocycles. The molecule has 128 valence electrons. The Bertz CT molecular complexity index is 554. The van der Waals surface area contributed by atoms with Crippen LogP contribution in [0.2, 0.25) is 0 Å². The Balaban J connectivity index is 2.14. The first-order chi connectivity index (χ1) is 11.2. The topological polar surface area (TPSA) is 85.2 Å². The number of ether oxygens (including phenoxy) is 1. The quantitative estimate of drug-likeness (QED) is 0.703. The van der Waals surface area contributed by atoms with E-state index in [0.29, 0.717) is 31.2 Å². The van der Waals surface area contributed by atoms with Gasteiger partial charge < -0.3 is 19.9 Å². The lowest BCUT2D eigenvalue weighted by molar-refractivity contribution is 0.0932. The molecule has 0 unspecified atom stereocenters. The third-order valence-corrected chi connectivity index (χ3v) is 3.88. The largest absolute Gasteiger partial charge is 0.385 e. The number of methoxy groups -OCH3 is 1. The van der Waals surface area contributed by atoms with Gasteiger partial charge in [0.2, 0.25) is 0 Å². The minimum absolute atomic E-state index is 0.184. The fraction of sp³-hybridized carbons (Fsp3) is 0.688. The van der Waals surface area contributed by atoms with Gasteiger partial charge in [-0.05, 0) is 32.1 Å². The zero-order valence-electron chi connectivity index (χ0n) is 14.0. The molecule has 2 amide bonds. The van der Waals surface area contributed by atoms with Gasteiger partial charge >= 0.3 is 0 Å². The summed E-state index contributed by atoms with van der Waals surface area (Å²) in [6.07, 6.45) is 4.44. The van der Waals surface area contributed by atoms with Crippen molar-refractivity contribution in [2.45, 2.75) is 45.6 Å². The molecule has 0 atom stereocenters. The molecule has 1 aromatic rings. The maximum absolute atomic E-state index is 12.4. The molecule has 1 aliphatic rings. The van der Waals surface area contributed by atoms with Crippen molar-refractivity contribution in [1.29, 1.82) is 0 Å². The number of aromatic nitrogens is 2. The van der Waals surface area contributed by atoms with Gasteiger partial charge in [0.25, 0.3) is 11.8 Å². The summed E-state index contributed by atoms with van der Waals surface area (Å²) < 4.78 is 6.87. The highest BCUT2D eigenvalue weighted by atomic mass is 16.5. The summed E-state index contributed by atoms with van der Waals surface area (Å²) in [5.74, 6) is -0.0616. The third-order valence-electron chi connectivity index (χ3n) is 3.88. The van der Waals surface area contributed by atoms with E-state index < -0.39 is 0 Å². The van der Waals surface area contributed by atoms with Crippen LogP contribution < -0.4 is 10.6 Å². The number of amides is 2. The van der Waals surface area contributed by atoms with Crippen LogP contribution in [0.4, 0.5) is 0 Å². The van der Waals surface area contributed by atoms with E-state index in [1.165, 1.54) is 0 Å². The normalized spacial score (nSPS) is 13.5. The second-order valence-electron chi connectivity index (χ2n) is 5.70. The molecule has 7 heteroatoms. The van der Waals surface area contributed by atoms with Crippen LogP contribution in [0, 0.1) is 0 Å².